The second kappa shape index (κ2) is 31.4. The van der Waals surface area contributed by atoms with Gasteiger partial charge in [0.05, 0.1) is 92.5 Å². The first-order valence-electron chi connectivity index (χ1n) is 13.0. The van der Waals surface area contributed by atoms with Gasteiger partial charge in [0.2, 0.25) is 0 Å². The third kappa shape index (κ3) is 30.4. The van der Waals surface area contributed by atoms with E-state index in [2.05, 4.69) is 36.4 Å². The van der Waals surface area contributed by atoms with Crippen LogP contribution >= 0.6 is 22.6 Å². The Morgan fingerprint density at radius 1 is 0.441 bits per heavy atom. The van der Waals surface area contributed by atoms with Gasteiger partial charge in [-0.05, 0) is 23.2 Å². The minimum atomic E-state index is 0.550. The monoisotopic (exact) mass is 606 g/mol. The average molecular weight is 607 g/mol. The molecular weight excluding hydrogens is 555 g/mol. The summed E-state index contributed by atoms with van der Waals surface area (Å²) in [7, 11) is 0. The van der Waals surface area contributed by atoms with E-state index in [-0.39, 0.29) is 0 Å². The zero-order valence-electron chi connectivity index (χ0n) is 21.8. The molecule has 8 nitrogen and oxygen atoms in total. The Morgan fingerprint density at radius 3 is 1.12 bits per heavy atom. The molecule has 0 saturated carbocycles. The largest absolute Gasteiger partial charge is 0.379 e. The van der Waals surface area contributed by atoms with Gasteiger partial charge in [0.25, 0.3) is 0 Å². The summed E-state index contributed by atoms with van der Waals surface area (Å²) in [6.45, 7) is 14.1. The maximum absolute atomic E-state index is 5.55. The zero-order chi connectivity index (χ0) is 24.8. The van der Waals surface area contributed by atoms with Crippen LogP contribution in [0.15, 0.2) is 0 Å². The van der Waals surface area contributed by atoms with Gasteiger partial charge in [0.15, 0.2) is 0 Å². The highest BCUT2D eigenvalue weighted by atomic mass is 127. The van der Waals surface area contributed by atoms with Crippen LogP contribution < -0.4 is 0 Å². The van der Waals surface area contributed by atoms with E-state index < -0.39 is 0 Å². The smallest absolute Gasteiger partial charge is 0.0701 e. The third-order valence-electron chi connectivity index (χ3n) is 4.88. The SMILES string of the molecule is CCC(C)COCCOCCOCCOCCOCCOCCOCCOCCCCCCI. The van der Waals surface area contributed by atoms with Crippen molar-refractivity contribution in [2.75, 3.05) is 110 Å². The van der Waals surface area contributed by atoms with Gasteiger partial charge >= 0.3 is 0 Å². The van der Waals surface area contributed by atoms with Crippen LogP contribution in [0.5, 0.6) is 0 Å². The van der Waals surface area contributed by atoms with Crippen molar-refractivity contribution < 1.29 is 37.9 Å². The lowest BCUT2D eigenvalue weighted by Crippen LogP contribution is -2.15. The lowest BCUT2D eigenvalue weighted by Gasteiger charge is -2.10. The van der Waals surface area contributed by atoms with Crippen molar-refractivity contribution in [2.24, 2.45) is 5.92 Å². The Hall–Kier alpha value is 0.410. The molecule has 0 aromatic heterocycles. The summed E-state index contributed by atoms with van der Waals surface area (Å²) in [6, 6.07) is 0. The minimum Gasteiger partial charge on any atom is -0.379 e. The average Bonchev–Trinajstić information content (AvgIpc) is 2.85. The summed E-state index contributed by atoms with van der Waals surface area (Å²) in [5.74, 6) is 0.609. The second-order valence-corrected chi connectivity index (χ2v) is 9.06. The van der Waals surface area contributed by atoms with Gasteiger partial charge in [-0.3, -0.25) is 0 Å². The molecule has 0 aliphatic rings. The van der Waals surface area contributed by atoms with Crippen LogP contribution in [0.25, 0.3) is 0 Å². The Kier molecular flexibility index (Phi) is 31.8. The highest BCUT2D eigenvalue weighted by Crippen LogP contribution is 2.02. The summed E-state index contributed by atoms with van der Waals surface area (Å²) in [6.07, 6.45) is 6.15. The molecule has 1 atom stereocenters. The number of hydrogen-bond donors (Lipinski definition) is 0. The van der Waals surface area contributed by atoms with Gasteiger partial charge < -0.3 is 37.9 Å². The van der Waals surface area contributed by atoms with Crippen LogP contribution in [0.1, 0.15) is 46.0 Å². The summed E-state index contributed by atoms with van der Waals surface area (Å²) in [4.78, 5) is 0. The van der Waals surface area contributed by atoms with Crippen LogP contribution in [0.4, 0.5) is 0 Å². The van der Waals surface area contributed by atoms with E-state index >= 15 is 0 Å². The number of halogens is 1. The third-order valence-corrected chi connectivity index (χ3v) is 5.64. The quantitative estimate of drug-likeness (QED) is 0.0686. The van der Waals surface area contributed by atoms with Crippen LogP contribution in [-0.4, -0.2) is 110 Å². The number of hydrogen-bond acceptors (Lipinski definition) is 8. The number of rotatable bonds is 30. The molecule has 0 saturated heterocycles. The van der Waals surface area contributed by atoms with Gasteiger partial charge in [-0.1, -0.05) is 55.7 Å². The highest BCUT2D eigenvalue weighted by molar-refractivity contribution is 14.1. The van der Waals surface area contributed by atoms with Crippen LogP contribution in [0.3, 0.4) is 0 Å². The number of unbranched alkanes of at least 4 members (excludes halogenated alkanes) is 3. The minimum absolute atomic E-state index is 0.550. The molecule has 9 heteroatoms. The summed E-state index contributed by atoms with van der Waals surface area (Å²) in [5, 5.41) is 0. The summed E-state index contributed by atoms with van der Waals surface area (Å²) >= 11 is 2.42. The summed E-state index contributed by atoms with van der Waals surface area (Å²) < 4.78 is 45.1. The maximum Gasteiger partial charge on any atom is 0.0701 e. The Labute approximate surface area is 222 Å². The molecule has 0 radical (unpaired) electrons. The fourth-order valence-electron chi connectivity index (χ4n) is 2.59. The van der Waals surface area contributed by atoms with Crippen molar-refractivity contribution in [2.45, 2.75) is 46.0 Å². The van der Waals surface area contributed by atoms with E-state index in [1.54, 1.807) is 0 Å². The van der Waals surface area contributed by atoms with Gasteiger partial charge in [-0.2, -0.15) is 0 Å². The Bertz CT molecular complexity index is 366. The Balaban J connectivity index is 3.02. The second-order valence-electron chi connectivity index (χ2n) is 7.98. The van der Waals surface area contributed by atoms with Crippen molar-refractivity contribution in [3.63, 3.8) is 0 Å². The summed E-state index contributed by atoms with van der Waals surface area (Å²) in [5.41, 5.74) is 0. The van der Waals surface area contributed by atoms with E-state index in [0.29, 0.717) is 98.4 Å². The molecule has 0 fully saturated rings. The molecule has 0 heterocycles. The van der Waals surface area contributed by atoms with Crippen molar-refractivity contribution in [3.05, 3.63) is 0 Å². The molecule has 34 heavy (non-hydrogen) atoms. The molecule has 0 bridgehead atoms. The molecule has 0 rings (SSSR count). The topological polar surface area (TPSA) is 73.8 Å². The molecule has 0 spiro atoms. The first kappa shape index (κ1) is 34.4. The zero-order valence-corrected chi connectivity index (χ0v) is 23.9. The van der Waals surface area contributed by atoms with E-state index in [9.17, 15) is 0 Å². The molecule has 0 aromatic rings. The Morgan fingerprint density at radius 2 is 0.765 bits per heavy atom. The molecule has 206 valence electrons. The van der Waals surface area contributed by atoms with E-state index in [1.807, 2.05) is 0 Å². The predicted molar refractivity (Wildman–Crippen MR) is 143 cm³/mol. The molecule has 0 amide bonds. The maximum atomic E-state index is 5.55. The molecule has 0 N–H and O–H groups in total. The van der Waals surface area contributed by atoms with Crippen molar-refractivity contribution in [1.82, 2.24) is 0 Å². The van der Waals surface area contributed by atoms with Crippen molar-refractivity contribution >= 4 is 22.6 Å². The van der Waals surface area contributed by atoms with Gasteiger partial charge in [-0.25, -0.2) is 0 Å². The number of ether oxygens (including phenoxy) is 8. The first-order chi connectivity index (χ1) is 16.8. The molecule has 1 unspecified atom stereocenters. The molecular formula is C25H51IO8. The van der Waals surface area contributed by atoms with E-state index in [1.165, 1.54) is 23.7 Å². The van der Waals surface area contributed by atoms with Crippen LogP contribution in [0, 0.1) is 5.92 Å². The van der Waals surface area contributed by atoms with Crippen molar-refractivity contribution in [1.29, 1.82) is 0 Å². The first-order valence-corrected chi connectivity index (χ1v) is 14.5. The van der Waals surface area contributed by atoms with Gasteiger partial charge in [-0.15, -0.1) is 0 Å². The van der Waals surface area contributed by atoms with Crippen LogP contribution in [-0.2, 0) is 37.9 Å². The lowest BCUT2D eigenvalue weighted by atomic mass is 10.1. The normalized spacial score (nSPS) is 12.4. The van der Waals surface area contributed by atoms with E-state index in [0.717, 1.165) is 26.1 Å². The fraction of sp³-hybridized carbons (Fsp3) is 1.00. The van der Waals surface area contributed by atoms with Crippen molar-refractivity contribution in [3.8, 4) is 0 Å². The fourth-order valence-corrected chi connectivity index (χ4v) is 3.13. The lowest BCUT2D eigenvalue weighted by molar-refractivity contribution is -0.0238. The highest BCUT2D eigenvalue weighted by Gasteiger charge is 1.98. The standard InChI is InChI=1S/C25H51IO8/c1-3-25(2)24-34-23-22-33-21-20-32-19-18-31-17-16-30-15-14-29-13-12-28-11-10-27-9-7-5-4-6-8-26/h25H,3-24H2,1-2H3. The number of alkyl halides is 1. The van der Waals surface area contributed by atoms with Crippen LogP contribution in [0.2, 0.25) is 0 Å². The van der Waals surface area contributed by atoms with Gasteiger partial charge in [0, 0.05) is 13.2 Å². The predicted octanol–water partition coefficient (Wildman–Crippen LogP) is 4.16. The van der Waals surface area contributed by atoms with Gasteiger partial charge in [0.1, 0.15) is 0 Å². The van der Waals surface area contributed by atoms with E-state index in [4.69, 9.17) is 37.9 Å². The molecule has 0 aromatic carbocycles. The molecule has 0 aliphatic carbocycles. The molecule has 0 aliphatic heterocycles.